The topological polar surface area (TPSA) is 62.8 Å². The van der Waals surface area contributed by atoms with Crippen LogP contribution in [0.5, 0.6) is 11.5 Å². The molecule has 0 spiro atoms. The number of methoxy groups -OCH3 is 1. The van der Waals surface area contributed by atoms with E-state index in [2.05, 4.69) is 10.6 Å². The highest BCUT2D eigenvalue weighted by molar-refractivity contribution is 5.90. The number of carbonyl (C=O) groups excluding carboxylic acids is 1. The van der Waals surface area contributed by atoms with Crippen molar-refractivity contribution in [2.45, 2.75) is 19.1 Å². The summed E-state index contributed by atoms with van der Waals surface area (Å²) in [4.78, 5) is 14.2. The van der Waals surface area contributed by atoms with E-state index in [1.54, 1.807) is 20.1 Å². The van der Waals surface area contributed by atoms with Crippen molar-refractivity contribution >= 4 is 11.7 Å². The molecule has 0 radical (unpaired) electrons. The predicted molar refractivity (Wildman–Crippen MR) is 109 cm³/mol. The van der Waals surface area contributed by atoms with Crippen molar-refractivity contribution in [2.24, 2.45) is 0 Å². The summed E-state index contributed by atoms with van der Waals surface area (Å²) in [7, 11) is 5.25. The molecule has 0 aliphatic rings. The summed E-state index contributed by atoms with van der Waals surface area (Å²) in [5.41, 5.74) is -0.413. The Morgan fingerprint density at radius 3 is 2.47 bits per heavy atom. The highest BCUT2D eigenvalue weighted by atomic mass is 19.4. The number of rotatable bonds is 8. The van der Waals surface area contributed by atoms with Gasteiger partial charge in [-0.25, -0.2) is 4.79 Å². The number of nitrogens with zero attached hydrogens (tertiary/aromatic N) is 1. The molecule has 2 aromatic carbocycles. The Morgan fingerprint density at radius 2 is 1.87 bits per heavy atom. The number of hydrogen-bond donors (Lipinski definition) is 2. The molecule has 2 aromatic rings. The van der Waals surface area contributed by atoms with Crippen LogP contribution in [-0.2, 0) is 6.18 Å². The van der Waals surface area contributed by atoms with Crippen molar-refractivity contribution < 1.29 is 27.4 Å². The van der Waals surface area contributed by atoms with E-state index in [1.165, 1.54) is 12.1 Å². The van der Waals surface area contributed by atoms with Crippen molar-refractivity contribution in [1.29, 1.82) is 0 Å². The van der Waals surface area contributed by atoms with Crippen LogP contribution in [0.2, 0.25) is 0 Å². The van der Waals surface area contributed by atoms with Gasteiger partial charge in [0, 0.05) is 6.54 Å². The Kier molecular flexibility index (Phi) is 7.93. The average molecular weight is 425 g/mol. The molecule has 1 atom stereocenters. The first kappa shape index (κ1) is 23.3. The summed E-state index contributed by atoms with van der Waals surface area (Å²) in [6.45, 7) is 2.10. The highest BCUT2D eigenvalue weighted by Gasteiger charge is 2.34. The molecule has 0 heterocycles. The van der Waals surface area contributed by atoms with Gasteiger partial charge in [-0.1, -0.05) is 12.1 Å². The maximum Gasteiger partial charge on any atom is 0.418 e. The highest BCUT2D eigenvalue weighted by Crippen LogP contribution is 2.37. The van der Waals surface area contributed by atoms with E-state index in [1.807, 2.05) is 37.2 Å². The van der Waals surface area contributed by atoms with Crippen LogP contribution in [0.15, 0.2) is 42.5 Å². The molecule has 0 saturated heterocycles. The molecule has 0 saturated carbocycles. The number of ether oxygens (including phenoxy) is 2. The van der Waals surface area contributed by atoms with Gasteiger partial charge in [0.15, 0.2) is 0 Å². The lowest BCUT2D eigenvalue weighted by Crippen LogP contribution is -2.37. The summed E-state index contributed by atoms with van der Waals surface area (Å²) in [5, 5.41) is 4.92. The first-order chi connectivity index (χ1) is 14.2. The minimum absolute atomic E-state index is 0.0847. The van der Waals surface area contributed by atoms with Gasteiger partial charge in [-0.3, -0.25) is 0 Å². The normalized spacial score (nSPS) is 12.4. The Hall–Kier alpha value is -2.94. The van der Waals surface area contributed by atoms with Gasteiger partial charge >= 0.3 is 12.2 Å². The molecule has 0 fully saturated rings. The number of halogens is 3. The zero-order chi connectivity index (χ0) is 22.3. The standard InChI is InChI=1S/C21H26F3N3O3/c1-5-30-16-9-10-18(17(12-16)21(22,23)24)26-20(28)25-13-19(27(2)3)14-7-6-8-15(11-14)29-4/h6-12,19H,5,13H2,1-4H3,(H2,25,26,28). The fourth-order valence-electron chi connectivity index (χ4n) is 2.93. The zero-order valence-electron chi connectivity index (χ0n) is 17.3. The number of nitrogens with one attached hydrogen (secondary N) is 2. The van der Waals surface area contributed by atoms with Crippen LogP contribution >= 0.6 is 0 Å². The van der Waals surface area contributed by atoms with Gasteiger partial charge in [0.1, 0.15) is 11.5 Å². The van der Waals surface area contributed by atoms with E-state index >= 15 is 0 Å². The number of anilines is 1. The predicted octanol–water partition coefficient (Wildman–Crippen LogP) is 4.54. The van der Waals surface area contributed by atoms with Gasteiger partial charge in [0.25, 0.3) is 0 Å². The molecule has 0 aromatic heterocycles. The molecule has 164 valence electrons. The third-order valence-electron chi connectivity index (χ3n) is 4.41. The van der Waals surface area contributed by atoms with E-state index in [0.29, 0.717) is 5.75 Å². The number of hydrogen-bond acceptors (Lipinski definition) is 4. The van der Waals surface area contributed by atoms with Crippen LogP contribution in [0.1, 0.15) is 24.1 Å². The molecular weight excluding hydrogens is 399 g/mol. The van der Waals surface area contributed by atoms with Crippen LogP contribution < -0.4 is 20.1 Å². The summed E-state index contributed by atoms with van der Waals surface area (Å²) in [6, 6.07) is 9.87. The number of carbonyl (C=O) groups is 1. The monoisotopic (exact) mass is 425 g/mol. The lowest BCUT2D eigenvalue weighted by Gasteiger charge is -2.25. The molecule has 30 heavy (non-hydrogen) atoms. The van der Waals surface area contributed by atoms with Crippen molar-refractivity contribution in [3.05, 3.63) is 53.6 Å². The van der Waals surface area contributed by atoms with Crippen LogP contribution in [-0.4, -0.2) is 45.3 Å². The van der Waals surface area contributed by atoms with Crippen molar-refractivity contribution in [1.82, 2.24) is 10.2 Å². The molecular formula is C21H26F3N3O3. The first-order valence-electron chi connectivity index (χ1n) is 9.35. The number of urea groups is 1. The molecule has 9 heteroatoms. The van der Waals surface area contributed by atoms with Gasteiger partial charge in [0.2, 0.25) is 0 Å². The quantitative estimate of drug-likeness (QED) is 0.652. The van der Waals surface area contributed by atoms with Crippen molar-refractivity contribution in [3.8, 4) is 11.5 Å². The van der Waals surface area contributed by atoms with E-state index in [4.69, 9.17) is 9.47 Å². The third kappa shape index (κ3) is 6.28. The fraction of sp³-hybridized carbons (Fsp3) is 0.381. The van der Waals surface area contributed by atoms with Crippen LogP contribution in [0.3, 0.4) is 0 Å². The van der Waals surface area contributed by atoms with Crippen LogP contribution in [0.25, 0.3) is 0 Å². The van der Waals surface area contributed by atoms with Crippen molar-refractivity contribution in [3.63, 3.8) is 0 Å². The number of likely N-dealkylation sites (N-methyl/N-ethyl adjacent to an activating group) is 1. The third-order valence-corrected chi connectivity index (χ3v) is 4.41. The summed E-state index contributed by atoms with van der Waals surface area (Å²) >= 11 is 0. The lowest BCUT2D eigenvalue weighted by atomic mass is 10.1. The molecule has 2 N–H and O–H groups in total. The van der Waals surface area contributed by atoms with Gasteiger partial charge < -0.3 is 25.0 Å². The smallest absolute Gasteiger partial charge is 0.418 e. The molecule has 0 aliphatic heterocycles. The van der Waals surface area contributed by atoms with Crippen LogP contribution in [0.4, 0.5) is 23.7 Å². The maximum atomic E-state index is 13.4. The largest absolute Gasteiger partial charge is 0.497 e. The molecule has 0 bridgehead atoms. The van der Waals surface area contributed by atoms with Gasteiger partial charge in [-0.2, -0.15) is 13.2 Å². The maximum absolute atomic E-state index is 13.4. The second kappa shape index (κ2) is 10.2. The fourth-order valence-corrected chi connectivity index (χ4v) is 2.93. The molecule has 2 rings (SSSR count). The lowest BCUT2D eigenvalue weighted by molar-refractivity contribution is -0.137. The first-order valence-corrected chi connectivity index (χ1v) is 9.35. The Bertz CT molecular complexity index is 857. The van der Waals surface area contributed by atoms with Crippen molar-refractivity contribution in [2.75, 3.05) is 39.7 Å². The molecule has 2 amide bonds. The zero-order valence-corrected chi connectivity index (χ0v) is 17.3. The number of alkyl halides is 3. The Morgan fingerprint density at radius 1 is 1.13 bits per heavy atom. The number of amides is 2. The second-order valence-electron chi connectivity index (χ2n) is 6.73. The SMILES string of the molecule is CCOc1ccc(NC(=O)NCC(c2cccc(OC)c2)N(C)C)c(C(F)(F)F)c1. The molecule has 6 nitrogen and oxygen atoms in total. The summed E-state index contributed by atoms with van der Waals surface area (Å²) in [5.74, 6) is 0.759. The average Bonchev–Trinajstić information content (AvgIpc) is 2.68. The van der Waals surface area contributed by atoms with E-state index < -0.39 is 17.8 Å². The Balaban J connectivity index is 2.12. The van der Waals surface area contributed by atoms with Gasteiger partial charge in [0.05, 0.1) is 31.0 Å². The van der Waals surface area contributed by atoms with Gasteiger partial charge in [-0.15, -0.1) is 0 Å². The van der Waals surface area contributed by atoms with E-state index in [9.17, 15) is 18.0 Å². The molecule has 1 unspecified atom stereocenters. The van der Waals surface area contributed by atoms with Gasteiger partial charge in [-0.05, 0) is 56.9 Å². The Labute approximate surface area is 174 Å². The second-order valence-corrected chi connectivity index (χ2v) is 6.73. The van der Waals surface area contributed by atoms with Crippen LogP contribution in [0, 0.1) is 0 Å². The summed E-state index contributed by atoms with van der Waals surface area (Å²) < 4.78 is 50.5. The van der Waals surface area contributed by atoms with E-state index in [0.717, 1.165) is 11.6 Å². The van der Waals surface area contributed by atoms with E-state index in [-0.39, 0.29) is 30.6 Å². The summed E-state index contributed by atoms with van der Waals surface area (Å²) in [6.07, 6.45) is -4.64. The minimum atomic E-state index is -4.64. The minimum Gasteiger partial charge on any atom is -0.497 e. The molecule has 0 aliphatic carbocycles. The number of benzene rings is 2.